The molecule has 0 spiro atoms. The lowest BCUT2D eigenvalue weighted by atomic mass is 10.1. The lowest BCUT2D eigenvalue weighted by Crippen LogP contribution is -2.27. The Bertz CT molecular complexity index is 768. The number of nitrogens with two attached hydrogens (primary N) is 1. The summed E-state index contributed by atoms with van der Waals surface area (Å²) < 4.78 is 34.2. The minimum Gasteiger partial charge on any atom is -0.487 e. The van der Waals surface area contributed by atoms with Crippen molar-refractivity contribution in [3.8, 4) is 5.75 Å². The molecule has 0 atom stereocenters. The maximum absolute atomic E-state index is 11.5. The Morgan fingerprint density at radius 3 is 2.91 bits per heavy atom. The minimum absolute atomic E-state index is 0.0589. The Morgan fingerprint density at radius 2 is 2.23 bits per heavy atom. The second kappa shape index (κ2) is 6.14. The van der Waals surface area contributed by atoms with E-state index in [4.69, 9.17) is 15.9 Å². The first-order valence-corrected chi connectivity index (χ1v) is 7.89. The fourth-order valence-electron chi connectivity index (χ4n) is 1.94. The van der Waals surface area contributed by atoms with E-state index in [1.54, 1.807) is 25.2 Å². The molecule has 0 bridgehead atoms. The molecule has 118 valence electrons. The number of amidine groups is 1. The van der Waals surface area contributed by atoms with Crippen molar-refractivity contribution >= 4 is 33.2 Å². The molecule has 0 amide bonds. The van der Waals surface area contributed by atoms with Gasteiger partial charge in [-0.25, -0.2) is 0 Å². The SMILES string of the molecule is CN=C(C)CC(=N)COc1cccc2c1C(N)=NS(=O)(=O)N2. The van der Waals surface area contributed by atoms with Crippen molar-refractivity contribution < 1.29 is 13.2 Å². The van der Waals surface area contributed by atoms with Crippen molar-refractivity contribution in [1.82, 2.24) is 0 Å². The van der Waals surface area contributed by atoms with Crippen molar-refractivity contribution in [2.24, 2.45) is 15.1 Å². The van der Waals surface area contributed by atoms with E-state index in [1.807, 2.05) is 6.92 Å². The molecule has 0 unspecified atom stereocenters. The topological polar surface area (TPSA) is 130 Å². The predicted molar refractivity (Wildman–Crippen MR) is 86.6 cm³/mol. The van der Waals surface area contributed by atoms with Crippen LogP contribution in [0, 0.1) is 5.41 Å². The van der Waals surface area contributed by atoms with Crippen LogP contribution < -0.4 is 15.2 Å². The van der Waals surface area contributed by atoms with E-state index in [1.165, 1.54) is 0 Å². The van der Waals surface area contributed by atoms with E-state index in [0.717, 1.165) is 5.71 Å². The average molecular weight is 323 g/mol. The van der Waals surface area contributed by atoms with Gasteiger partial charge < -0.3 is 15.9 Å². The monoisotopic (exact) mass is 323 g/mol. The third-order valence-corrected chi connectivity index (χ3v) is 3.91. The lowest BCUT2D eigenvalue weighted by Gasteiger charge is -2.19. The van der Waals surface area contributed by atoms with Gasteiger partial charge in [-0.2, -0.15) is 8.42 Å². The highest BCUT2D eigenvalue weighted by atomic mass is 32.2. The van der Waals surface area contributed by atoms with Crippen LogP contribution in [0.1, 0.15) is 18.9 Å². The van der Waals surface area contributed by atoms with Gasteiger partial charge in [0.1, 0.15) is 12.4 Å². The van der Waals surface area contributed by atoms with Crippen molar-refractivity contribution in [3.05, 3.63) is 23.8 Å². The van der Waals surface area contributed by atoms with Gasteiger partial charge in [0.25, 0.3) is 0 Å². The molecule has 0 saturated heterocycles. The highest BCUT2D eigenvalue weighted by molar-refractivity contribution is 7.91. The fourth-order valence-corrected chi connectivity index (χ4v) is 2.79. The number of fused-ring (bicyclic) bond motifs is 1. The molecule has 1 aliphatic rings. The Morgan fingerprint density at radius 1 is 1.50 bits per heavy atom. The van der Waals surface area contributed by atoms with Crippen LogP contribution in [-0.2, 0) is 10.2 Å². The second-order valence-electron chi connectivity index (χ2n) is 4.76. The zero-order valence-corrected chi connectivity index (χ0v) is 13.1. The quantitative estimate of drug-likeness (QED) is 0.696. The van der Waals surface area contributed by atoms with Crippen molar-refractivity contribution in [2.75, 3.05) is 18.4 Å². The van der Waals surface area contributed by atoms with Crippen molar-refractivity contribution in [3.63, 3.8) is 0 Å². The molecule has 8 nitrogen and oxygen atoms in total. The molecule has 0 saturated carbocycles. The van der Waals surface area contributed by atoms with Crippen LogP contribution in [-0.4, -0.2) is 39.3 Å². The third kappa shape index (κ3) is 3.61. The maximum Gasteiger partial charge on any atom is 0.344 e. The van der Waals surface area contributed by atoms with Gasteiger partial charge >= 0.3 is 10.2 Å². The Hall–Kier alpha value is -2.42. The summed E-state index contributed by atoms with van der Waals surface area (Å²) in [6.45, 7) is 1.89. The molecule has 2 rings (SSSR count). The van der Waals surface area contributed by atoms with E-state index >= 15 is 0 Å². The maximum atomic E-state index is 11.5. The van der Waals surface area contributed by atoms with Gasteiger partial charge in [0, 0.05) is 19.2 Å². The molecule has 0 radical (unpaired) electrons. The van der Waals surface area contributed by atoms with Crippen LogP contribution in [0.15, 0.2) is 27.6 Å². The second-order valence-corrected chi connectivity index (χ2v) is 6.10. The standard InChI is InChI=1S/C13H17N5O3S/c1-8(16-2)6-9(14)7-21-11-5-3-4-10-12(11)13(15)18-22(19,20)17-10/h3-5,14,17H,6-7H2,1-2H3,(H2,15,18). The molecular formula is C13H17N5O3S. The molecule has 1 aromatic rings. The number of aliphatic imine (C=N–C) groups is 1. The summed E-state index contributed by atoms with van der Waals surface area (Å²) in [6.07, 6.45) is 0.418. The van der Waals surface area contributed by atoms with Crippen LogP contribution >= 0.6 is 0 Å². The number of hydrogen-bond donors (Lipinski definition) is 3. The van der Waals surface area contributed by atoms with E-state index < -0.39 is 10.2 Å². The van der Waals surface area contributed by atoms with Gasteiger partial charge in [-0.3, -0.25) is 9.71 Å². The van der Waals surface area contributed by atoms with E-state index in [-0.39, 0.29) is 12.4 Å². The van der Waals surface area contributed by atoms with E-state index in [0.29, 0.717) is 29.1 Å². The van der Waals surface area contributed by atoms with Gasteiger partial charge in [-0.15, -0.1) is 4.40 Å². The van der Waals surface area contributed by atoms with Gasteiger partial charge in [0.2, 0.25) is 0 Å². The summed E-state index contributed by atoms with van der Waals surface area (Å²) in [5.74, 6) is 0.235. The number of benzene rings is 1. The molecule has 1 aliphatic heterocycles. The molecule has 1 aromatic carbocycles. The summed E-state index contributed by atoms with van der Waals surface area (Å²) in [4.78, 5) is 3.99. The molecule has 22 heavy (non-hydrogen) atoms. The third-order valence-electron chi connectivity index (χ3n) is 2.99. The predicted octanol–water partition coefficient (Wildman–Crippen LogP) is 0.942. The zero-order chi connectivity index (χ0) is 16.3. The highest BCUT2D eigenvalue weighted by Gasteiger charge is 2.24. The van der Waals surface area contributed by atoms with Gasteiger partial charge in [-0.1, -0.05) is 6.07 Å². The Balaban J connectivity index is 2.20. The molecule has 4 N–H and O–H groups in total. The average Bonchev–Trinajstić information content (AvgIpc) is 2.43. The van der Waals surface area contributed by atoms with Crippen LogP contribution in [0.2, 0.25) is 0 Å². The van der Waals surface area contributed by atoms with E-state index in [9.17, 15) is 8.42 Å². The van der Waals surface area contributed by atoms with Gasteiger partial charge in [-0.05, 0) is 19.1 Å². The van der Waals surface area contributed by atoms with E-state index in [2.05, 4.69) is 14.1 Å². The molecule has 0 fully saturated rings. The summed E-state index contributed by atoms with van der Waals surface area (Å²) in [7, 11) is -2.15. The van der Waals surface area contributed by atoms with Crippen LogP contribution in [0.25, 0.3) is 0 Å². The summed E-state index contributed by atoms with van der Waals surface area (Å²) in [5, 5.41) is 7.85. The number of hydrogen-bond acceptors (Lipinski definition) is 6. The smallest absolute Gasteiger partial charge is 0.344 e. The number of anilines is 1. The number of rotatable bonds is 5. The Kier molecular flexibility index (Phi) is 4.45. The summed E-state index contributed by atoms with van der Waals surface area (Å²) in [6, 6.07) is 4.85. The normalized spacial score (nSPS) is 16.3. The van der Waals surface area contributed by atoms with Gasteiger partial charge in [0.15, 0.2) is 5.84 Å². The van der Waals surface area contributed by atoms with Crippen LogP contribution in [0.4, 0.5) is 5.69 Å². The summed E-state index contributed by atoms with van der Waals surface area (Å²) >= 11 is 0. The largest absolute Gasteiger partial charge is 0.487 e. The van der Waals surface area contributed by atoms with Crippen LogP contribution in [0.3, 0.4) is 0 Å². The summed E-state index contributed by atoms with van der Waals surface area (Å²) in [5.41, 5.74) is 7.58. The molecule has 1 heterocycles. The molecule has 9 heteroatoms. The fraction of sp³-hybridized carbons (Fsp3) is 0.308. The minimum atomic E-state index is -3.81. The number of nitrogens with zero attached hydrogens (tertiary/aromatic N) is 2. The molecule has 0 aromatic heterocycles. The first kappa shape index (κ1) is 16.0. The highest BCUT2D eigenvalue weighted by Crippen LogP contribution is 2.30. The molecule has 0 aliphatic carbocycles. The first-order chi connectivity index (χ1) is 10.3. The lowest BCUT2D eigenvalue weighted by molar-refractivity contribution is 0.374. The first-order valence-electron chi connectivity index (χ1n) is 6.45. The number of nitrogens with one attached hydrogen (secondary N) is 2. The van der Waals surface area contributed by atoms with Crippen molar-refractivity contribution in [2.45, 2.75) is 13.3 Å². The van der Waals surface area contributed by atoms with Crippen LogP contribution in [0.5, 0.6) is 5.75 Å². The molecular weight excluding hydrogens is 306 g/mol. The number of ether oxygens (including phenoxy) is 1. The van der Waals surface area contributed by atoms with Crippen molar-refractivity contribution in [1.29, 1.82) is 5.41 Å². The Labute approximate surface area is 128 Å². The zero-order valence-electron chi connectivity index (χ0n) is 12.3. The van der Waals surface area contributed by atoms with Gasteiger partial charge in [0.05, 0.1) is 17.0 Å².